The molecule has 1 amide bonds. The fraction of sp³-hybridized carbons (Fsp3) is 0.524. The summed E-state index contributed by atoms with van der Waals surface area (Å²) >= 11 is 1.49. The monoisotopic (exact) mass is 439 g/mol. The number of carbonyl (C=O) groups is 1. The Labute approximate surface area is 177 Å². The van der Waals surface area contributed by atoms with Crippen molar-refractivity contribution in [3.05, 3.63) is 47.0 Å². The highest BCUT2D eigenvalue weighted by Crippen LogP contribution is 2.33. The maximum absolute atomic E-state index is 13.2. The van der Waals surface area contributed by atoms with Gasteiger partial charge >= 0.3 is 6.18 Å². The third-order valence-electron chi connectivity index (χ3n) is 5.88. The van der Waals surface area contributed by atoms with Gasteiger partial charge in [-0.15, -0.1) is 0 Å². The molecule has 0 atom stereocenters. The van der Waals surface area contributed by atoms with Gasteiger partial charge in [-0.2, -0.15) is 13.2 Å². The van der Waals surface area contributed by atoms with Gasteiger partial charge in [-0.1, -0.05) is 23.5 Å². The first-order valence-electron chi connectivity index (χ1n) is 10.2. The van der Waals surface area contributed by atoms with Crippen LogP contribution in [0.3, 0.4) is 0 Å². The molecule has 0 unspecified atom stereocenters. The van der Waals surface area contributed by atoms with Gasteiger partial charge in [-0.25, -0.2) is 4.98 Å². The SMILES string of the molecule is O=C(c1ccccc1C(F)(F)F)N1CCC(N2CCC(Oc3nccs3)CC2)CC1. The van der Waals surface area contributed by atoms with E-state index in [9.17, 15) is 18.0 Å². The van der Waals surface area contributed by atoms with Gasteiger partial charge in [0.25, 0.3) is 11.1 Å². The number of thiazole rings is 1. The molecule has 3 heterocycles. The number of rotatable bonds is 4. The number of carbonyl (C=O) groups excluding carboxylic acids is 1. The average Bonchev–Trinajstić information content (AvgIpc) is 3.26. The maximum atomic E-state index is 13.2. The highest BCUT2D eigenvalue weighted by atomic mass is 32.1. The van der Waals surface area contributed by atoms with E-state index in [0.717, 1.165) is 44.8 Å². The summed E-state index contributed by atoms with van der Waals surface area (Å²) in [5.74, 6) is -0.531. The first kappa shape index (κ1) is 21.1. The Balaban J connectivity index is 1.29. The number of benzene rings is 1. The van der Waals surface area contributed by atoms with E-state index in [1.165, 1.54) is 29.5 Å². The molecule has 2 aliphatic heterocycles. The first-order valence-corrected chi connectivity index (χ1v) is 11.1. The molecule has 2 saturated heterocycles. The summed E-state index contributed by atoms with van der Waals surface area (Å²) in [6.45, 7) is 2.80. The number of hydrogen-bond acceptors (Lipinski definition) is 5. The lowest BCUT2D eigenvalue weighted by Gasteiger charge is -2.41. The molecule has 2 fully saturated rings. The van der Waals surface area contributed by atoms with Crippen LogP contribution in [0.15, 0.2) is 35.8 Å². The van der Waals surface area contributed by atoms with Gasteiger partial charge in [-0.05, 0) is 37.8 Å². The summed E-state index contributed by atoms with van der Waals surface area (Å²) in [6, 6.07) is 5.39. The van der Waals surface area contributed by atoms with Crippen LogP contribution in [-0.2, 0) is 6.18 Å². The predicted molar refractivity (Wildman–Crippen MR) is 108 cm³/mol. The van der Waals surface area contributed by atoms with E-state index >= 15 is 0 Å². The Morgan fingerprint density at radius 2 is 1.77 bits per heavy atom. The van der Waals surface area contributed by atoms with Crippen LogP contribution >= 0.6 is 11.3 Å². The Morgan fingerprint density at radius 1 is 1.07 bits per heavy atom. The molecule has 1 aromatic carbocycles. The van der Waals surface area contributed by atoms with Gasteiger partial charge in [0.1, 0.15) is 6.10 Å². The zero-order valence-corrected chi connectivity index (χ0v) is 17.3. The van der Waals surface area contributed by atoms with Crippen molar-refractivity contribution in [2.24, 2.45) is 0 Å². The van der Waals surface area contributed by atoms with Gasteiger partial charge < -0.3 is 9.64 Å². The van der Waals surface area contributed by atoms with E-state index in [2.05, 4.69) is 9.88 Å². The standard InChI is InChI=1S/C21H24F3N3O2S/c22-21(23,24)18-4-2-1-3-17(18)19(28)27-10-5-15(6-11-27)26-12-7-16(8-13-26)29-20-25-9-14-30-20/h1-4,9,14-16H,5-8,10-13H2. The second-order valence-electron chi connectivity index (χ2n) is 7.72. The Kier molecular flexibility index (Phi) is 6.29. The molecular formula is C21H24F3N3O2S. The number of aromatic nitrogens is 1. The van der Waals surface area contributed by atoms with Crippen molar-refractivity contribution in [1.82, 2.24) is 14.8 Å². The van der Waals surface area contributed by atoms with Gasteiger partial charge in [0.05, 0.1) is 11.1 Å². The minimum atomic E-state index is -4.53. The van der Waals surface area contributed by atoms with E-state index in [1.54, 1.807) is 11.1 Å². The molecule has 0 N–H and O–H groups in total. The molecule has 1 aromatic heterocycles. The lowest BCUT2D eigenvalue weighted by atomic mass is 9.97. The van der Waals surface area contributed by atoms with Crippen LogP contribution in [0.4, 0.5) is 13.2 Å². The predicted octanol–water partition coefficient (Wildman–Crippen LogP) is 4.31. The molecular weight excluding hydrogens is 415 g/mol. The molecule has 2 aromatic rings. The number of ether oxygens (including phenoxy) is 1. The number of nitrogens with zero attached hydrogens (tertiary/aromatic N) is 3. The number of amides is 1. The van der Waals surface area contributed by atoms with E-state index in [0.29, 0.717) is 24.3 Å². The highest BCUT2D eigenvalue weighted by Gasteiger charge is 2.37. The Bertz CT molecular complexity index is 843. The fourth-order valence-corrected chi connectivity index (χ4v) is 4.84. The summed E-state index contributed by atoms with van der Waals surface area (Å²) in [7, 11) is 0. The summed E-state index contributed by atoms with van der Waals surface area (Å²) in [5, 5.41) is 2.60. The van der Waals surface area contributed by atoms with Crippen molar-refractivity contribution in [3.63, 3.8) is 0 Å². The molecule has 0 spiro atoms. The number of likely N-dealkylation sites (tertiary alicyclic amines) is 2. The van der Waals surface area contributed by atoms with Crippen molar-refractivity contribution >= 4 is 17.2 Å². The average molecular weight is 440 g/mol. The van der Waals surface area contributed by atoms with Gasteiger partial charge in [0.2, 0.25) is 0 Å². The van der Waals surface area contributed by atoms with Crippen molar-refractivity contribution in [3.8, 4) is 5.19 Å². The van der Waals surface area contributed by atoms with Gasteiger partial charge in [0.15, 0.2) is 0 Å². The second-order valence-corrected chi connectivity index (χ2v) is 8.58. The molecule has 0 aliphatic carbocycles. The van der Waals surface area contributed by atoms with Gasteiger partial charge in [-0.3, -0.25) is 9.69 Å². The number of halogens is 3. The highest BCUT2D eigenvalue weighted by molar-refractivity contribution is 7.11. The molecule has 162 valence electrons. The molecule has 9 heteroatoms. The van der Waals surface area contributed by atoms with Crippen LogP contribution in [0.5, 0.6) is 5.19 Å². The second kappa shape index (κ2) is 8.93. The van der Waals surface area contributed by atoms with Crippen molar-refractivity contribution < 1.29 is 22.7 Å². The van der Waals surface area contributed by atoms with E-state index in [-0.39, 0.29) is 11.7 Å². The minimum Gasteiger partial charge on any atom is -0.467 e. The molecule has 5 nitrogen and oxygen atoms in total. The topological polar surface area (TPSA) is 45.7 Å². The fourth-order valence-electron chi connectivity index (χ4n) is 4.29. The van der Waals surface area contributed by atoms with E-state index in [4.69, 9.17) is 4.74 Å². The summed E-state index contributed by atoms with van der Waals surface area (Å²) in [6.07, 6.45) is 0.783. The van der Waals surface area contributed by atoms with Gasteiger partial charge in [0, 0.05) is 43.8 Å². The Hall–Kier alpha value is -2.13. The molecule has 0 saturated carbocycles. The molecule has 4 rings (SSSR count). The number of alkyl halides is 3. The van der Waals surface area contributed by atoms with Crippen molar-refractivity contribution in [2.75, 3.05) is 26.2 Å². The van der Waals surface area contributed by atoms with Crippen LogP contribution < -0.4 is 4.74 Å². The van der Waals surface area contributed by atoms with E-state index in [1.807, 2.05) is 5.38 Å². The lowest BCUT2D eigenvalue weighted by Crippen LogP contribution is -2.50. The maximum Gasteiger partial charge on any atom is 0.417 e. The van der Waals surface area contributed by atoms with Crippen LogP contribution in [0.1, 0.15) is 41.6 Å². The minimum absolute atomic E-state index is 0.174. The Morgan fingerprint density at radius 3 is 2.40 bits per heavy atom. The van der Waals surface area contributed by atoms with E-state index < -0.39 is 17.6 Å². The van der Waals surface area contributed by atoms with Crippen LogP contribution in [0, 0.1) is 0 Å². The summed E-state index contributed by atoms with van der Waals surface area (Å²) < 4.78 is 45.6. The normalized spacial score (nSPS) is 19.8. The molecule has 0 radical (unpaired) electrons. The zero-order chi connectivity index (χ0) is 21.1. The summed E-state index contributed by atoms with van der Waals surface area (Å²) in [5.41, 5.74) is -1.12. The molecule has 2 aliphatic rings. The number of piperidine rings is 2. The largest absolute Gasteiger partial charge is 0.467 e. The number of hydrogen-bond donors (Lipinski definition) is 0. The van der Waals surface area contributed by atoms with Crippen molar-refractivity contribution in [1.29, 1.82) is 0 Å². The van der Waals surface area contributed by atoms with Crippen LogP contribution in [-0.4, -0.2) is 59.0 Å². The summed E-state index contributed by atoms with van der Waals surface area (Å²) in [4.78, 5) is 20.9. The third-order valence-corrected chi connectivity index (χ3v) is 6.55. The van der Waals surface area contributed by atoms with Crippen LogP contribution in [0.2, 0.25) is 0 Å². The lowest BCUT2D eigenvalue weighted by molar-refractivity contribution is -0.138. The third kappa shape index (κ3) is 4.78. The molecule has 30 heavy (non-hydrogen) atoms. The zero-order valence-electron chi connectivity index (χ0n) is 16.5. The van der Waals surface area contributed by atoms with Crippen molar-refractivity contribution in [2.45, 2.75) is 44.0 Å². The smallest absolute Gasteiger partial charge is 0.417 e. The first-order chi connectivity index (χ1) is 14.4. The van der Waals surface area contributed by atoms with Crippen LogP contribution in [0.25, 0.3) is 0 Å². The quantitative estimate of drug-likeness (QED) is 0.712. The molecule has 0 bridgehead atoms.